The molecule has 13 heteroatoms. The van der Waals surface area contributed by atoms with Crippen molar-refractivity contribution >= 4 is 38.3 Å². The van der Waals surface area contributed by atoms with Crippen molar-refractivity contribution in [2.75, 3.05) is 16.8 Å². The van der Waals surface area contributed by atoms with Gasteiger partial charge in [0.1, 0.15) is 11.8 Å². The Bertz CT molecular complexity index is 2190. The highest BCUT2D eigenvalue weighted by atomic mass is 32.2. The Morgan fingerprint density at radius 1 is 0.978 bits per heavy atom. The monoisotopic (exact) mass is 637 g/mol. The molecule has 3 aromatic heterocycles. The molecule has 11 nitrogen and oxygen atoms in total. The van der Waals surface area contributed by atoms with Crippen LogP contribution in [0.25, 0.3) is 28.0 Å². The quantitative estimate of drug-likeness (QED) is 0.200. The van der Waals surface area contributed by atoms with Gasteiger partial charge in [0.25, 0.3) is 0 Å². The summed E-state index contributed by atoms with van der Waals surface area (Å²) in [7, 11) is -3.59. The number of hydrogen-bond acceptors (Lipinski definition) is 9. The lowest BCUT2D eigenvalue weighted by atomic mass is 10.1. The van der Waals surface area contributed by atoms with E-state index in [2.05, 4.69) is 25.3 Å². The zero-order chi connectivity index (χ0) is 32.4. The molecule has 0 atom stereocenters. The van der Waals surface area contributed by atoms with Crippen LogP contribution in [0.3, 0.4) is 0 Å². The lowest BCUT2D eigenvalue weighted by molar-refractivity contribution is -0.115. The van der Waals surface area contributed by atoms with Crippen LogP contribution in [0.5, 0.6) is 11.8 Å². The number of rotatable bonds is 9. The number of aromatic nitrogens is 5. The Hall–Kier alpha value is -5.69. The maximum Gasteiger partial charge on any atom is 0.322 e. The second kappa shape index (κ2) is 12.4. The number of sulfone groups is 1. The minimum absolute atomic E-state index is 0.0252. The lowest BCUT2D eigenvalue weighted by Gasteiger charge is -2.14. The molecule has 0 unspecified atom stereocenters. The van der Waals surface area contributed by atoms with Gasteiger partial charge in [0.05, 0.1) is 21.9 Å². The molecule has 1 amide bonds. The molecule has 0 spiro atoms. The average molecular weight is 638 g/mol. The van der Waals surface area contributed by atoms with Crippen LogP contribution in [0.15, 0.2) is 96.3 Å². The van der Waals surface area contributed by atoms with E-state index in [0.717, 1.165) is 11.1 Å². The molecule has 6 aromatic rings. The topological polar surface area (TPSA) is 155 Å². The third-order valence-electron chi connectivity index (χ3n) is 7.30. The summed E-state index contributed by atoms with van der Waals surface area (Å²) in [5.41, 5.74) is 11.2. The number of carbonyl (C=O) groups excluding carboxylic acids is 1. The molecule has 0 aliphatic rings. The Morgan fingerprint density at radius 3 is 2.46 bits per heavy atom. The van der Waals surface area contributed by atoms with E-state index in [1.54, 1.807) is 66.1 Å². The Balaban J connectivity index is 1.29. The molecule has 0 saturated heterocycles. The Morgan fingerprint density at radius 2 is 1.74 bits per heavy atom. The average Bonchev–Trinajstić information content (AvgIpc) is 3.35. The van der Waals surface area contributed by atoms with Crippen molar-refractivity contribution in [3.8, 4) is 28.7 Å². The minimum Gasteiger partial charge on any atom is -0.421 e. The fourth-order valence-corrected chi connectivity index (χ4v) is 6.34. The molecule has 6 rings (SSSR count). The van der Waals surface area contributed by atoms with Gasteiger partial charge in [-0.2, -0.15) is 0 Å². The Kier molecular flexibility index (Phi) is 8.16. The summed E-state index contributed by atoms with van der Waals surface area (Å²) in [6, 6.07) is 21.2. The third-order valence-corrected chi connectivity index (χ3v) is 9.03. The summed E-state index contributed by atoms with van der Waals surface area (Å²) in [4.78, 5) is 29.6. The predicted molar refractivity (Wildman–Crippen MR) is 172 cm³/mol. The van der Waals surface area contributed by atoms with Crippen molar-refractivity contribution in [3.63, 3.8) is 0 Å². The molecule has 0 fully saturated rings. The highest BCUT2D eigenvalue weighted by Gasteiger charge is 2.22. The van der Waals surface area contributed by atoms with Crippen molar-refractivity contribution in [3.05, 3.63) is 108 Å². The second-order valence-corrected chi connectivity index (χ2v) is 12.6. The van der Waals surface area contributed by atoms with E-state index in [1.807, 2.05) is 6.92 Å². The molecule has 3 N–H and O–H groups in total. The first-order valence-electron chi connectivity index (χ1n) is 14.2. The molecule has 0 saturated carbocycles. The van der Waals surface area contributed by atoms with Gasteiger partial charge in [-0.25, -0.2) is 32.7 Å². The van der Waals surface area contributed by atoms with Crippen LogP contribution in [-0.2, 0) is 14.6 Å². The summed E-state index contributed by atoms with van der Waals surface area (Å²) < 4.78 is 47.9. The largest absolute Gasteiger partial charge is 0.421 e. The van der Waals surface area contributed by atoms with Crippen molar-refractivity contribution in [2.24, 2.45) is 0 Å². The van der Waals surface area contributed by atoms with Gasteiger partial charge in [0.2, 0.25) is 5.91 Å². The zero-order valence-electron chi connectivity index (χ0n) is 24.8. The fourth-order valence-electron chi connectivity index (χ4n) is 5.08. The molecule has 0 radical (unpaired) electrons. The maximum atomic E-state index is 15.4. The first-order valence-corrected chi connectivity index (χ1v) is 15.8. The van der Waals surface area contributed by atoms with Gasteiger partial charge in [-0.1, -0.05) is 30.3 Å². The number of benzene rings is 3. The number of hydrogen-bond donors (Lipinski definition) is 2. The zero-order valence-corrected chi connectivity index (χ0v) is 25.6. The molecule has 0 aliphatic heterocycles. The summed E-state index contributed by atoms with van der Waals surface area (Å²) in [5, 5.41) is 2.75. The first-order chi connectivity index (χ1) is 22.1. The van der Waals surface area contributed by atoms with E-state index in [-0.39, 0.29) is 34.6 Å². The molecular formula is C33H28FN7O4S. The molecular weight excluding hydrogens is 609 g/mol. The van der Waals surface area contributed by atoms with E-state index in [4.69, 9.17) is 10.5 Å². The van der Waals surface area contributed by atoms with Gasteiger partial charge in [0.15, 0.2) is 27.2 Å². The number of fused-ring (bicyclic) bond motifs is 1. The number of aryl methyl sites for hydroxylation is 2. The number of carbonyl (C=O) groups is 1. The maximum absolute atomic E-state index is 15.4. The molecule has 46 heavy (non-hydrogen) atoms. The molecule has 3 aromatic carbocycles. The Labute approximate surface area is 263 Å². The molecule has 0 aliphatic carbocycles. The number of nitrogens with two attached hydrogens (primary N) is 1. The van der Waals surface area contributed by atoms with Crippen LogP contribution < -0.4 is 15.8 Å². The summed E-state index contributed by atoms with van der Waals surface area (Å²) in [6.07, 6.45) is 2.70. The van der Waals surface area contributed by atoms with Gasteiger partial charge in [-0.15, -0.1) is 0 Å². The van der Waals surface area contributed by atoms with Crippen LogP contribution in [0.1, 0.15) is 17.7 Å². The summed E-state index contributed by atoms with van der Waals surface area (Å²) in [5.74, 6) is -1.24. The second-order valence-electron chi connectivity index (χ2n) is 10.5. The molecule has 0 bridgehead atoms. The van der Waals surface area contributed by atoms with Crippen LogP contribution in [-0.4, -0.2) is 44.6 Å². The van der Waals surface area contributed by atoms with Crippen LogP contribution >= 0.6 is 0 Å². The normalized spacial score (nSPS) is 11.5. The van der Waals surface area contributed by atoms with Gasteiger partial charge in [-0.3, -0.25) is 4.79 Å². The van der Waals surface area contributed by atoms with E-state index in [1.165, 1.54) is 36.8 Å². The number of ether oxygens (including phenoxy) is 1. The number of nitrogens with zero attached hydrogens (tertiary/aromatic N) is 5. The van der Waals surface area contributed by atoms with Gasteiger partial charge >= 0.3 is 6.01 Å². The number of nitrogens with one attached hydrogen (secondary N) is 1. The molecule has 232 valence electrons. The predicted octanol–water partition coefficient (Wildman–Crippen LogP) is 5.81. The third kappa shape index (κ3) is 6.13. The van der Waals surface area contributed by atoms with Gasteiger partial charge in [-0.05, 0) is 61.9 Å². The molecule has 3 heterocycles. The van der Waals surface area contributed by atoms with E-state index in [9.17, 15) is 13.2 Å². The highest BCUT2D eigenvalue weighted by Crippen LogP contribution is 2.38. The summed E-state index contributed by atoms with van der Waals surface area (Å²) >= 11 is 0. The van der Waals surface area contributed by atoms with E-state index < -0.39 is 21.6 Å². The van der Waals surface area contributed by atoms with Crippen molar-refractivity contribution in [1.29, 1.82) is 0 Å². The first kappa shape index (κ1) is 30.3. The van der Waals surface area contributed by atoms with E-state index >= 15 is 4.39 Å². The summed E-state index contributed by atoms with van der Waals surface area (Å²) in [6.45, 7) is 3.66. The highest BCUT2D eigenvalue weighted by molar-refractivity contribution is 7.91. The number of anilines is 2. The number of nitrogen functional groups attached to an aromatic ring is 1. The fraction of sp³-hybridized carbons (Fsp3) is 0.121. The van der Waals surface area contributed by atoms with Crippen LogP contribution in [0, 0.1) is 19.7 Å². The van der Waals surface area contributed by atoms with Gasteiger partial charge in [0, 0.05) is 41.3 Å². The SMILES string of the molecule is Cc1ccnc(Oc2ccc(-n3c(-c4ccc(NC(=O)CCS(=O)(=O)c5ccccc5)cc4)c(C)c4ncnc(N)c43)cc2F)n1. The van der Waals surface area contributed by atoms with Gasteiger partial charge < -0.3 is 20.4 Å². The number of amides is 1. The van der Waals surface area contributed by atoms with Crippen molar-refractivity contribution in [1.82, 2.24) is 24.5 Å². The smallest absolute Gasteiger partial charge is 0.322 e. The number of halogens is 1. The van der Waals surface area contributed by atoms with Crippen LogP contribution in [0.4, 0.5) is 15.9 Å². The van der Waals surface area contributed by atoms with Crippen molar-refractivity contribution in [2.45, 2.75) is 25.2 Å². The van der Waals surface area contributed by atoms with Crippen LogP contribution in [0.2, 0.25) is 0 Å². The van der Waals surface area contributed by atoms with E-state index in [0.29, 0.717) is 33.8 Å². The lowest BCUT2D eigenvalue weighted by Crippen LogP contribution is -2.17. The minimum atomic E-state index is -3.59. The standard InChI is InChI=1S/C33H28FN7O4S/c1-20-14-16-36-33(39-20)45-27-13-12-24(18-26(27)34)41-30(21(2)29-31(41)32(35)38-19-37-29)22-8-10-23(11-9-22)40-28(42)15-17-46(43,44)25-6-4-3-5-7-25/h3-14,16,18-19H,15,17H2,1-2H3,(H,40,42)(H2,35,37,38). The van der Waals surface area contributed by atoms with Crippen molar-refractivity contribution < 1.29 is 22.3 Å².